The average molecular weight is 324 g/mol. The second kappa shape index (κ2) is 7.69. The van der Waals surface area contributed by atoms with Crippen LogP contribution in [0, 0.1) is 0 Å². The number of nitrogens with one attached hydrogen (secondary N) is 1. The number of hydrogen-bond acceptors (Lipinski definition) is 2. The van der Waals surface area contributed by atoms with Crippen LogP contribution in [-0.2, 0) is 6.54 Å². The average Bonchev–Trinajstić information content (AvgIpc) is 2.47. The van der Waals surface area contributed by atoms with Crippen molar-refractivity contribution in [1.82, 2.24) is 5.32 Å². The van der Waals surface area contributed by atoms with Gasteiger partial charge in [-0.15, -0.1) is 0 Å². The standard InChI is InChI=1S/C17H19Cl2NO/c1-3-16(15-6-4-5-7-17(15)21-2)20-11-12-8-13(18)10-14(19)9-12/h4-10,16,20H,3,11H2,1-2H3. The highest BCUT2D eigenvalue weighted by atomic mass is 35.5. The van der Waals surface area contributed by atoms with E-state index in [0.717, 1.165) is 23.3 Å². The van der Waals surface area contributed by atoms with E-state index >= 15 is 0 Å². The fourth-order valence-corrected chi connectivity index (χ4v) is 2.95. The molecule has 112 valence electrons. The molecule has 0 bridgehead atoms. The van der Waals surface area contributed by atoms with Gasteiger partial charge in [0.1, 0.15) is 5.75 Å². The van der Waals surface area contributed by atoms with Crippen LogP contribution in [0.2, 0.25) is 10.0 Å². The van der Waals surface area contributed by atoms with Crippen LogP contribution in [0.4, 0.5) is 0 Å². The van der Waals surface area contributed by atoms with Crippen LogP contribution in [0.15, 0.2) is 42.5 Å². The normalized spacial score (nSPS) is 12.2. The number of para-hydroxylation sites is 1. The number of rotatable bonds is 6. The minimum Gasteiger partial charge on any atom is -0.496 e. The van der Waals surface area contributed by atoms with Crippen molar-refractivity contribution in [3.8, 4) is 5.75 Å². The minimum atomic E-state index is 0.221. The minimum absolute atomic E-state index is 0.221. The molecule has 0 spiro atoms. The third-order valence-corrected chi connectivity index (χ3v) is 3.83. The van der Waals surface area contributed by atoms with E-state index in [-0.39, 0.29) is 6.04 Å². The molecule has 2 aromatic carbocycles. The van der Waals surface area contributed by atoms with Gasteiger partial charge in [-0.1, -0.05) is 48.3 Å². The van der Waals surface area contributed by atoms with Crippen molar-refractivity contribution in [2.24, 2.45) is 0 Å². The molecule has 2 nitrogen and oxygen atoms in total. The monoisotopic (exact) mass is 323 g/mol. The molecule has 1 unspecified atom stereocenters. The van der Waals surface area contributed by atoms with Gasteiger partial charge in [-0.05, 0) is 36.2 Å². The Morgan fingerprint density at radius 2 is 1.76 bits per heavy atom. The summed E-state index contributed by atoms with van der Waals surface area (Å²) in [5.41, 5.74) is 2.23. The number of hydrogen-bond donors (Lipinski definition) is 1. The van der Waals surface area contributed by atoms with E-state index in [1.807, 2.05) is 30.3 Å². The Morgan fingerprint density at radius 1 is 1.10 bits per heavy atom. The Hall–Kier alpha value is -1.22. The second-order valence-corrected chi connectivity index (χ2v) is 5.73. The molecule has 0 aromatic heterocycles. The van der Waals surface area contributed by atoms with Gasteiger partial charge in [0, 0.05) is 28.2 Å². The number of benzene rings is 2. The summed E-state index contributed by atoms with van der Waals surface area (Å²) in [7, 11) is 1.70. The molecule has 21 heavy (non-hydrogen) atoms. The molecule has 0 aliphatic carbocycles. The van der Waals surface area contributed by atoms with Crippen molar-refractivity contribution < 1.29 is 4.74 Å². The maximum atomic E-state index is 6.03. The van der Waals surface area contributed by atoms with Gasteiger partial charge >= 0.3 is 0 Å². The first-order valence-corrected chi connectivity index (χ1v) is 7.71. The van der Waals surface area contributed by atoms with E-state index in [2.05, 4.69) is 18.3 Å². The maximum Gasteiger partial charge on any atom is 0.123 e. The molecule has 2 rings (SSSR count). The van der Waals surface area contributed by atoms with Crippen molar-refractivity contribution in [2.45, 2.75) is 25.9 Å². The smallest absolute Gasteiger partial charge is 0.123 e. The highest BCUT2D eigenvalue weighted by Crippen LogP contribution is 2.27. The SMILES string of the molecule is CCC(NCc1cc(Cl)cc(Cl)c1)c1ccccc1OC. The van der Waals surface area contributed by atoms with Gasteiger partial charge in [0.15, 0.2) is 0 Å². The lowest BCUT2D eigenvalue weighted by Crippen LogP contribution is -2.20. The van der Waals surface area contributed by atoms with Gasteiger partial charge in [-0.25, -0.2) is 0 Å². The zero-order valence-corrected chi connectivity index (χ0v) is 13.7. The van der Waals surface area contributed by atoms with Crippen LogP contribution >= 0.6 is 23.2 Å². The Balaban J connectivity index is 2.12. The number of halogens is 2. The summed E-state index contributed by atoms with van der Waals surface area (Å²) in [5.74, 6) is 0.904. The molecule has 0 aliphatic heterocycles. The largest absolute Gasteiger partial charge is 0.496 e. The molecular weight excluding hydrogens is 305 g/mol. The second-order valence-electron chi connectivity index (χ2n) is 4.86. The van der Waals surface area contributed by atoms with Crippen LogP contribution in [0.25, 0.3) is 0 Å². The van der Waals surface area contributed by atoms with E-state index in [1.165, 1.54) is 0 Å². The highest BCUT2D eigenvalue weighted by Gasteiger charge is 2.13. The van der Waals surface area contributed by atoms with Gasteiger partial charge in [0.2, 0.25) is 0 Å². The third-order valence-electron chi connectivity index (χ3n) is 3.40. The molecule has 0 heterocycles. The Kier molecular flexibility index (Phi) is 5.92. The van der Waals surface area contributed by atoms with E-state index in [0.29, 0.717) is 16.6 Å². The lowest BCUT2D eigenvalue weighted by atomic mass is 10.0. The van der Waals surface area contributed by atoms with E-state index in [1.54, 1.807) is 13.2 Å². The molecule has 0 aliphatic rings. The molecule has 0 saturated carbocycles. The summed E-state index contributed by atoms with van der Waals surface area (Å²) < 4.78 is 5.44. The molecule has 4 heteroatoms. The number of ether oxygens (including phenoxy) is 1. The first-order chi connectivity index (χ1) is 10.1. The molecule has 0 amide bonds. The maximum absolute atomic E-state index is 6.03. The van der Waals surface area contributed by atoms with Crippen molar-refractivity contribution >= 4 is 23.2 Å². The van der Waals surface area contributed by atoms with Gasteiger partial charge in [0.25, 0.3) is 0 Å². The molecular formula is C17H19Cl2NO. The van der Waals surface area contributed by atoms with Crippen LogP contribution in [0.5, 0.6) is 5.75 Å². The summed E-state index contributed by atoms with van der Waals surface area (Å²) in [6.45, 7) is 2.85. The Morgan fingerprint density at radius 3 is 2.38 bits per heavy atom. The zero-order chi connectivity index (χ0) is 15.2. The summed E-state index contributed by atoms with van der Waals surface area (Å²) in [6, 6.07) is 13.9. The van der Waals surface area contributed by atoms with Crippen molar-refractivity contribution in [1.29, 1.82) is 0 Å². The first kappa shape index (κ1) is 16.2. The lowest BCUT2D eigenvalue weighted by Gasteiger charge is -2.20. The van der Waals surface area contributed by atoms with Crippen LogP contribution in [-0.4, -0.2) is 7.11 Å². The van der Waals surface area contributed by atoms with Crippen LogP contribution in [0.1, 0.15) is 30.5 Å². The Bertz CT molecular complexity index is 581. The molecule has 2 aromatic rings. The molecule has 0 radical (unpaired) electrons. The first-order valence-electron chi connectivity index (χ1n) is 6.95. The summed E-state index contributed by atoms with van der Waals surface area (Å²) in [4.78, 5) is 0. The third kappa shape index (κ3) is 4.37. The van der Waals surface area contributed by atoms with Crippen LogP contribution in [0.3, 0.4) is 0 Å². The number of methoxy groups -OCH3 is 1. The lowest BCUT2D eigenvalue weighted by molar-refractivity contribution is 0.396. The molecule has 0 fully saturated rings. The summed E-state index contributed by atoms with van der Waals surface area (Å²) in [6.07, 6.45) is 0.967. The molecule has 1 atom stereocenters. The zero-order valence-electron chi connectivity index (χ0n) is 12.2. The Labute approximate surface area is 136 Å². The predicted octanol–water partition coefficient (Wildman–Crippen LogP) is 5.24. The van der Waals surface area contributed by atoms with Crippen molar-refractivity contribution in [3.05, 3.63) is 63.6 Å². The molecule has 1 N–H and O–H groups in total. The fraction of sp³-hybridized carbons (Fsp3) is 0.294. The fourth-order valence-electron chi connectivity index (χ4n) is 2.38. The quantitative estimate of drug-likeness (QED) is 0.784. The van der Waals surface area contributed by atoms with Gasteiger partial charge in [-0.2, -0.15) is 0 Å². The highest BCUT2D eigenvalue weighted by molar-refractivity contribution is 6.34. The van der Waals surface area contributed by atoms with Gasteiger partial charge < -0.3 is 10.1 Å². The van der Waals surface area contributed by atoms with Crippen molar-refractivity contribution in [3.63, 3.8) is 0 Å². The van der Waals surface area contributed by atoms with Crippen molar-refractivity contribution in [2.75, 3.05) is 7.11 Å². The van der Waals surface area contributed by atoms with Gasteiger partial charge in [0.05, 0.1) is 7.11 Å². The molecule has 0 saturated heterocycles. The van der Waals surface area contributed by atoms with E-state index in [4.69, 9.17) is 27.9 Å². The predicted molar refractivity (Wildman–Crippen MR) is 89.3 cm³/mol. The summed E-state index contributed by atoms with van der Waals surface area (Å²) >= 11 is 12.1. The van der Waals surface area contributed by atoms with E-state index < -0.39 is 0 Å². The topological polar surface area (TPSA) is 21.3 Å². The van der Waals surface area contributed by atoms with Gasteiger partial charge in [-0.3, -0.25) is 0 Å². The van der Waals surface area contributed by atoms with E-state index in [9.17, 15) is 0 Å². The summed E-state index contributed by atoms with van der Waals surface area (Å²) in [5, 5.41) is 4.85. The van der Waals surface area contributed by atoms with Crippen LogP contribution < -0.4 is 10.1 Å².